The fourth-order valence-corrected chi connectivity index (χ4v) is 5.70. The molecule has 1 amide bonds. The molecule has 0 aliphatic carbocycles. The Morgan fingerprint density at radius 3 is 3.06 bits per heavy atom. The lowest BCUT2D eigenvalue weighted by molar-refractivity contribution is 0.0687. The van der Waals surface area contributed by atoms with Crippen LogP contribution in [0.4, 0.5) is 5.82 Å². The number of rotatable bonds is 5. The molecule has 0 unspecified atom stereocenters. The van der Waals surface area contributed by atoms with E-state index in [2.05, 4.69) is 51.6 Å². The van der Waals surface area contributed by atoms with E-state index in [1.165, 1.54) is 28.7 Å². The molecule has 1 saturated heterocycles. The first-order valence-corrected chi connectivity index (χ1v) is 11.8. The summed E-state index contributed by atoms with van der Waals surface area (Å²) in [5, 5.41) is 5.72. The number of hydrogen-bond acceptors (Lipinski definition) is 5. The summed E-state index contributed by atoms with van der Waals surface area (Å²) in [6.45, 7) is 6.69. The first-order chi connectivity index (χ1) is 15.1. The fraction of sp³-hybridized carbons (Fsp3) is 0.375. The smallest absolute Gasteiger partial charge is 0.264 e. The van der Waals surface area contributed by atoms with E-state index in [1.54, 1.807) is 6.33 Å². The number of nitrogens with zero attached hydrogens (tertiary/aromatic N) is 3. The number of aromatic nitrogens is 3. The van der Waals surface area contributed by atoms with Gasteiger partial charge in [-0.05, 0) is 49.3 Å². The van der Waals surface area contributed by atoms with Crippen LogP contribution >= 0.6 is 11.3 Å². The van der Waals surface area contributed by atoms with Gasteiger partial charge in [-0.25, -0.2) is 9.97 Å². The predicted octanol–water partition coefficient (Wildman–Crippen LogP) is 5.01. The molecule has 1 aliphatic rings. The molecule has 7 heteroatoms. The number of thiophene rings is 1. The maximum atomic E-state index is 13.2. The minimum absolute atomic E-state index is 0.136. The van der Waals surface area contributed by atoms with E-state index >= 15 is 0 Å². The van der Waals surface area contributed by atoms with E-state index in [9.17, 15) is 4.79 Å². The number of hydrogen-bond donors (Lipinski definition) is 2. The number of likely N-dealkylation sites (tertiary alicyclic amines) is 1. The van der Waals surface area contributed by atoms with Gasteiger partial charge in [0.05, 0.1) is 10.3 Å². The van der Waals surface area contributed by atoms with Gasteiger partial charge in [0, 0.05) is 36.7 Å². The Hall–Kier alpha value is -2.93. The number of piperidine rings is 1. The lowest BCUT2D eigenvalue weighted by Gasteiger charge is -2.30. The molecule has 4 heterocycles. The van der Waals surface area contributed by atoms with Crippen LogP contribution in [-0.2, 0) is 6.42 Å². The lowest BCUT2D eigenvalue weighted by Crippen LogP contribution is -2.38. The number of nitrogens with one attached hydrogen (secondary N) is 2. The van der Waals surface area contributed by atoms with Crippen LogP contribution in [0, 0.1) is 12.8 Å². The summed E-state index contributed by atoms with van der Waals surface area (Å²) in [7, 11) is 0. The third-order valence-electron chi connectivity index (χ3n) is 6.23. The van der Waals surface area contributed by atoms with Crippen molar-refractivity contribution in [1.29, 1.82) is 0 Å². The zero-order valence-corrected chi connectivity index (χ0v) is 18.8. The molecular formula is C24H27N5OS. The third kappa shape index (κ3) is 3.78. The first-order valence-electron chi connectivity index (χ1n) is 10.9. The number of para-hydroxylation sites is 1. The quantitative estimate of drug-likeness (QED) is 0.464. The van der Waals surface area contributed by atoms with Crippen LogP contribution in [0.15, 0.2) is 36.8 Å². The Balaban J connectivity index is 1.36. The van der Waals surface area contributed by atoms with Crippen molar-refractivity contribution in [3.63, 3.8) is 0 Å². The lowest BCUT2D eigenvalue weighted by atomic mass is 10.00. The highest BCUT2D eigenvalue weighted by atomic mass is 32.1. The van der Waals surface area contributed by atoms with Crippen molar-refractivity contribution < 1.29 is 4.79 Å². The van der Waals surface area contributed by atoms with Crippen LogP contribution in [-0.4, -0.2) is 45.4 Å². The van der Waals surface area contributed by atoms with Gasteiger partial charge < -0.3 is 15.2 Å². The van der Waals surface area contributed by atoms with Crippen LogP contribution in [0.2, 0.25) is 0 Å². The summed E-state index contributed by atoms with van der Waals surface area (Å²) in [4.78, 5) is 29.2. The molecule has 0 bridgehead atoms. The summed E-state index contributed by atoms with van der Waals surface area (Å²) in [5.74, 6) is 1.51. The second-order valence-electron chi connectivity index (χ2n) is 8.49. The van der Waals surface area contributed by atoms with Gasteiger partial charge in [-0.15, -0.1) is 11.3 Å². The topological polar surface area (TPSA) is 73.9 Å². The normalized spacial score (nSPS) is 16.8. The molecule has 1 fully saturated rings. The van der Waals surface area contributed by atoms with Crippen molar-refractivity contribution in [1.82, 2.24) is 19.9 Å². The minimum atomic E-state index is 0.136. The molecule has 4 aromatic rings. The molecule has 0 spiro atoms. The zero-order valence-electron chi connectivity index (χ0n) is 17.9. The maximum absolute atomic E-state index is 13.2. The molecule has 1 aromatic carbocycles. The number of carbonyl (C=O) groups is 1. The highest BCUT2D eigenvalue weighted by Gasteiger charge is 2.26. The highest BCUT2D eigenvalue weighted by Crippen LogP contribution is 2.34. The van der Waals surface area contributed by atoms with Gasteiger partial charge in [-0.3, -0.25) is 4.79 Å². The summed E-state index contributed by atoms with van der Waals surface area (Å²) in [6.07, 6.45) is 6.83. The minimum Gasteiger partial charge on any atom is -0.369 e. The predicted molar refractivity (Wildman–Crippen MR) is 127 cm³/mol. The van der Waals surface area contributed by atoms with E-state index in [4.69, 9.17) is 0 Å². The van der Waals surface area contributed by atoms with Gasteiger partial charge in [0.2, 0.25) is 0 Å². The van der Waals surface area contributed by atoms with Gasteiger partial charge in [0.1, 0.15) is 17.0 Å². The third-order valence-corrected chi connectivity index (χ3v) is 7.41. The monoisotopic (exact) mass is 433 g/mol. The van der Waals surface area contributed by atoms with Crippen molar-refractivity contribution in [2.24, 2.45) is 5.92 Å². The number of H-pyrrole nitrogens is 1. The van der Waals surface area contributed by atoms with E-state index in [0.717, 1.165) is 64.5 Å². The number of aryl methyl sites for hydroxylation is 1. The SMILES string of the molecule is Cc1c(C(=O)N2CCC[C@H](C)C2)sc2ncnc(NCCc3c[nH]c4ccccc34)c12. The van der Waals surface area contributed by atoms with E-state index in [0.29, 0.717) is 5.92 Å². The highest BCUT2D eigenvalue weighted by molar-refractivity contribution is 7.20. The van der Waals surface area contributed by atoms with Crippen molar-refractivity contribution in [2.45, 2.75) is 33.1 Å². The molecule has 6 nitrogen and oxygen atoms in total. The number of anilines is 1. The molecule has 0 saturated carbocycles. The van der Waals surface area contributed by atoms with Crippen LogP contribution in [0.25, 0.3) is 21.1 Å². The van der Waals surface area contributed by atoms with Gasteiger partial charge >= 0.3 is 0 Å². The van der Waals surface area contributed by atoms with Crippen molar-refractivity contribution >= 4 is 44.2 Å². The number of carbonyl (C=O) groups excluding carboxylic acids is 1. The summed E-state index contributed by atoms with van der Waals surface area (Å²) < 4.78 is 0. The fourth-order valence-electron chi connectivity index (χ4n) is 4.58. The Morgan fingerprint density at radius 2 is 2.19 bits per heavy atom. The molecule has 31 heavy (non-hydrogen) atoms. The number of amides is 1. The Bertz CT molecular complexity index is 1240. The van der Waals surface area contributed by atoms with Crippen LogP contribution in [0.1, 0.15) is 40.6 Å². The molecule has 5 rings (SSSR count). The molecule has 3 aromatic heterocycles. The summed E-state index contributed by atoms with van der Waals surface area (Å²) in [5.41, 5.74) is 3.43. The van der Waals surface area contributed by atoms with Crippen LogP contribution < -0.4 is 5.32 Å². The molecule has 1 aliphatic heterocycles. The Labute approximate surface area is 185 Å². The zero-order chi connectivity index (χ0) is 21.4. The van der Waals surface area contributed by atoms with Gasteiger partial charge in [0.25, 0.3) is 5.91 Å². The van der Waals surface area contributed by atoms with E-state index in [1.807, 2.05) is 17.9 Å². The van der Waals surface area contributed by atoms with Gasteiger partial charge in [-0.2, -0.15) is 0 Å². The van der Waals surface area contributed by atoms with Gasteiger partial charge in [-0.1, -0.05) is 25.1 Å². The second-order valence-corrected chi connectivity index (χ2v) is 9.49. The average molecular weight is 434 g/mol. The number of benzene rings is 1. The molecule has 2 N–H and O–H groups in total. The summed E-state index contributed by atoms with van der Waals surface area (Å²) in [6, 6.07) is 8.35. The van der Waals surface area contributed by atoms with Crippen molar-refractivity contribution in [3.05, 3.63) is 52.8 Å². The van der Waals surface area contributed by atoms with Gasteiger partial charge in [0.15, 0.2) is 0 Å². The summed E-state index contributed by atoms with van der Waals surface area (Å²) >= 11 is 1.49. The molecule has 0 radical (unpaired) electrons. The Kier molecular flexibility index (Phi) is 5.36. The maximum Gasteiger partial charge on any atom is 0.264 e. The second kappa shape index (κ2) is 8.30. The standard InChI is InChI=1S/C24H27N5OS/c1-15-6-5-11-29(13-15)24(30)21-16(2)20-22(27-14-28-23(20)31-21)25-10-9-17-12-26-19-8-4-3-7-18(17)19/h3-4,7-8,12,14-15,26H,5-6,9-11,13H2,1-2H3,(H,25,27,28)/t15-/m0/s1. The molecule has 160 valence electrons. The largest absolute Gasteiger partial charge is 0.369 e. The average Bonchev–Trinajstić information content (AvgIpc) is 3.35. The van der Waals surface area contributed by atoms with E-state index < -0.39 is 0 Å². The van der Waals surface area contributed by atoms with Crippen molar-refractivity contribution in [3.8, 4) is 0 Å². The van der Waals surface area contributed by atoms with Crippen molar-refractivity contribution in [2.75, 3.05) is 25.0 Å². The number of aromatic amines is 1. The first kappa shape index (κ1) is 20.0. The van der Waals surface area contributed by atoms with E-state index in [-0.39, 0.29) is 5.91 Å². The Morgan fingerprint density at radius 1 is 1.32 bits per heavy atom. The number of fused-ring (bicyclic) bond motifs is 2. The van der Waals surface area contributed by atoms with Crippen LogP contribution in [0.3, 0.4) is 0 Å². The molecular weight excluding hydrogens is 406 g/mol. The van der Waals surface area contributed by atoms with Crippen LogP contribution in [0.5, 0.6) is 0 Å². The molecule has 1 atom stereocenters.